The lowest BCUT2D eigenvalue weighted by atomic mass is 10.1. The van der Waals surface area contributed by atoms with Crippen molar-refractivity contribution in [2.45, 2.75) is 57.1 Å². The smallest absolute Gasteiger partial charge is 0.344 e. The standard InChI is InChI=1S/C38H53N7O12S2/c1-6-7-13-40-29-18-26(19-31(59(39,50)51)35(29)57-27-11-9-8-10-12-27)30(46)23-53-24-32(47)44(5)21-33(48)54-25-34(49)56-28(20-41-38(2,3)4)22-55-37-36(42-58-43-37)45-14-16-52-17-15-45/h8-12,18-19,28,40-41H,6-7,13-17,20-25H2,1-5H3,(H2,39,50,51)/t28-/m0/s1. The second-order valence-electron chi connectivity index (χ2n) is 14.5. The van der Waals surface area contributed by atoms with E-state index >= 15 is 0 Å². The van der Waals surface area contributed by atoms with Crippen LogP contribution in [-0.2, 0) is 43.4 Å². The molecule has 19 nitrogen and oxygen atoms in total. The van der Waals surface area contributed by atoms with Gasteiger partial charge in [-0.1, -0.05) is 31.5 Å². The van der Waals surface area contributed by atoms with Gasteiger partial charge in [-0.05, 0) is 51.5 Å². The van der Waals surface area contributed by atoms with E-state index in [2.05, 4.69) is 19.4 Å². The van der Waals surface area contributed by atoms with E-state index in [4.69, 9.17) is 33.6 Å². The van der Waals surface area contributed by atoms with E-state index < -0.39 is 71.0 Å². The number of unbranched alkanes of at least 4 members (excludes halogenated alkanes) is 1. The second kappa shape index (κ2) is 22.4. The van der Waals surface area contributed by atoms with Crippen molar-refractivity contribution in [3.05, 3.63) is 48.0 Å². The Labute approximate surface area is 348 Å². The molecule has 0 spiro atoms. The van der Waals surface area contributed by atoms with Crippen LogP contribution in [0.1, 0.15) is 50.9 Å². The first-order chi connectivity index (χ1) is 28.0. The second-order valence-corrected chi connectivity index (χ2v) is 16.5. The number of anilines is 2. The van der Waals surface area contributed by atoms with Crippen LogP contribution >= 0.6 is 11.7 Å². The third kappa shape index (κ3) is 15.6. The first-order valence-corrected chi connectivity index (χ1v) is 21.2. The van der Waals surface area contributed by atoms with Crippen LogP contribution < -0.4 is 30.1 Å². The molecule has 1 aliphatic rings. The number of Topliss-reactive ketones (excluding diaryl/α,β-unsaturated/α-hetero) is 1. The van der Waals surface area contributed by atoms with Crippen molar-refractivity contribution < 1.29 is 56.0 Å². The molecule has 1 amide bonds. The average molecular weight is 864 g/mol. The van der Waals surface area contributed by atoms with Gasteiger partial charge in [-0.25, -0.2) is 18.4 Å². The first-order valence-electron chi connectivity index (χ1n) is 18.9. The zero-order chi connectivity index (χ0) is 43.0. The highest BCUT2D eigenvalue weighted by Crippen LogP contribution is 2.37. The molecule has 4 rings (SSSR count). The van der Waals surface area contributed by atoms with Gasteiger partial charge in [0, 0.05) is 44.3 Å². The molecule has 21 heteroatoms. The van der Waals surface area contributed by atoms with Crippen LogP contribution in [0.2, 0.25) is 0 Å². The molecule has 0 radical (unpaired) electrons. The number of rotatable bonds is 23. The fourth-order valence-corrected chi connectivity index (χ4v) is 6.51. The number of ether oxygens (including phenoxy) is 6. The van der Waals surface area contributed by atoms with Gasteiger partial charge in [0.05, 0.1) is 30.6 Å². The molecule has 1 atom stereocenters. The largest absolute Gasteiger partial charge is 0.470 e. The molecule has 3 aromatic rings. The van der Waals surface area contributed by atoms with Gasteiger partial charge in [-0.15, -0.1) is 4.37 Å². The lowest BCUT2D eigenvalue weighted by molar-refractivity contribution is -0.164. The van der Waals surface area contributed by atoms with Crippen molar-refractivity contribution in [3.63, 3.8) is 0 Å². The number of hydrogen-bond donors (Lipinski definition) is 3. The highest BCUT2D eigenvalue weighted by molar-refractivity contribution is 7.89. The van der Waals surface area contributed by atoms with Gasteiger partial charge in [0.1, 0.15) is 43.1 Å². The van der Waals surface area contributed by atoms with Gasteiger partial charge in [0.15, 0.2) is 18.1 Å². The van der Waals surface area contributed by atoms with Crippen molar-refractivity contribution in [2.24, 2.45) is 5.14 Å². The number of ketones is 1. The Bertz CT molecular complexity index is 1970. The number of likely N-dealkylation sites (N-methyl/N-ethyl adjacent to an activating group) is 1. The summed E-state index contributed by atoms with van der Waals surface area (Å²) >= 11 is 1.00. The number of benzene rings is 2. The van der Waals surface area contributed by atoms with E-state index in [0.717, 1.165) is 35.5 Å². The number of nitrogens with one attached hydrogen (secondary N) is 2. The van der Waals surface area contributed by atoms with Gasteiger partial charge < -0.3 is 48.9 Å². The number of esters is 2. The molecule has 324 valence electrons. The zero-order valence-electron chi connectivity index (χ0n) is 33.9. The SMILES string of the molecule is CCCCNc1cc(C(=O)COCC(=O)N(C)CC(=O)OCC(=O)O[C@@H](CNC(C)(C)C)COc2nsnc2N2CCOCC2)cc(S(N)(=O)=O)c1Oc1ccccc1. The Morgan fingerprint density at radius 2 is 1.76 bits per heavy atom. The van der Waals surface area contributed by atoms with Gasteiger partial charge in [0.25, 0.3) is 5.88 Å². The Hall–Kier alpha value is -4.93. The number of hydrogen-bond acceptors (Lipinski definition) is 18. The summed E-state index contributed by atoms with van der Waals surface area (Å²) in [6.45, 7) is 8.40. The van der Waals surface area contributed by atoms with Crippen LogP contribution in [0.15, 0.2) is 47.4 Å². The summed E-state index contributed by atoms with van der Waals surface area (Å²) < 4.78 is 67.2. The molecular weight excluding hydrogens is 811 g/mol. The number of aromatic nitrogens is 2. The molecule has 4 N–H and O–H groups in total. The van der Waals surface area contributed by atoms with Gasteiger partial charge in [-0.3, -0.25) is 14.4 Å². The number of sulfonamides is 1. The summed E-state index contributed by atoms with van der Waals surface area (Å²) in [5.41, 5.74) is -0.125. The van der Waals surface area contributed by atoms with Crippen LogP contribution in [0.3, 0.4) is 0 Å². The molecule has 0 aliphatic carbocycles. The monoisotopic (exact) mass is 863 g/mol. The maximum Gasteiger partial charge on any atom is 0.344 e. The fourth-order valence-electron chi connectivity index (χ4n) is 5.29. The zero-order valence-corrected chi connectivity index (χ0v) is 35.5. The normalized spacial score (nSPS) is 13.6. The summed E-state index contributed by atoms with van der Waals surface area (Å²) in [7, 11) is -3.05. The van der Waals surface area contributed by atoms with Gasteiger partial charge in [0.2, 0.25) is 21.7 Å². The lowest BCUT2D eigenvalue weighted by Crippen LogP contribution is -2.44. The molecule has 0 bridgehead atoms. The Kier molecular flexibility index (Phi) is 17.8. The van der Waals surface area contributed by atoms with E-state index in [1.54, 1.807) is 30.3 Å². The molecule has 1 saturated heterocycles. The molecule has 59 heavy (non-hydrogen) atoms. The molecule has 0 saturated carbocycles. The van der Waals surface area contributed by atoms with Crippen molar-refractivity contribution in [1.82, 2.24) is 19.0 Å². The molecule has 2 heterocycles. The van der Waals surface area contributed by atoms with E-state index in [1.165, 1.54) is 13.1 Å². The number of morpholine rings is 1. The van der Waals surface area contributed by atoms with Crippen molar-refractivity contribution >= 4 is 56.9 Å². The van der Waals surface area contributed by atoms with Crippen LogP contribution in [0.25, 0.3) is 0 Å². The van der Waals surface area contributed by atoms with Gasteiger partial charge in [-0.2, -0.15) is 4.37 Å². The number of carbonyl (C=O) groups excluding carboxylic acids is 4. The van der Waals surface area contributed by atoms with E-state index in [1.807, 2.05) is 32.6 Å². The Balaban J connectivity index is 1.27. The van der Waals surface area contributed by atoms with Crippen molar-refractivity contribution in [3.8, 4) is 17.4 Å². The maximum absolute atomic E-state index is 13.2. The van der Waals surface area contributed by atoms with Gasteiger partial charge >= 0.3 is 11.9 Å². The minimum Gasteiger partial charge on any atom is -0.470 e. The minimum absolute atomic E-state index is 0.0504. The average Bonchev–Trinajstić information content (AvgIpc) is 3.67. The van der Waals surface area contributed by atoms with E-state index in [-0.39, 0.29) is 35.7 Å². The summed E-state index contributed by atoms with van der Waals surface area (Å²) in [4.78, 5) is 53.9. The highest BCUT2D eigenvalue weighted by Gasteiger charge is 2.26. The summed E-state index contributed by atoms with van der Waals surface area (Å²) in [5.74, 6) is -1.87. The van der Waals surface area contributed by atoms with Crippen molar-refractivity contribution in [2.75, 3.05) is 89.6 Å². The molecular formula is C38H53N7O12S2. The molecule has 0 unspecified atom stereocenters. The third-order valence-electron chi connectivity index (χ3n) is 8.41. The highest BCUT2D eigenvalue weighted by atomic mass is 32.2. The molecule has 1 aliphatic heterocycles. The van der Waals surface area contributed by atoms with Crippen LogP contribution in [0.5, 0.6) is 17.4 Å². The van der Waals surface area contributed by atoms with E-state index in [9.17, 15) is 27.6 Å². The topological polar surface area (TPSA) is 240 Å². The molecule has 1 aromatic heterocycles. The maximum atomic E-state index is 13.2. The summed E-state index contributed by atoms with van der Waals surface area (Å²) in [6.07, 6.45) is 0.818. The number of nitrogens with zero attached hydrogens (tertiary/aromatic N) is 4. The number of para-hydroxylation sites is 1. The predicted octanol–water partition coefficient (Wildman–Crippen LogP) is 2.61. The summed E-state index contributed by atoms with van der Waals surface area (Å²) in [6, 6.07) is 11.0. The number of primary sulfonamides is 1. The summed E-state index contributed by atoms with van der Waals surface area (Å²) in [5, 5.41) is 11.9. The van der Waals surface area contributed by atoms with Crippen LogP contribution in [0, 0.1) is 0 Å². The number of carbonyl (C=O) groups is 4. The number of nitrogens with two attached hydrogens (primary N) is 1. The Morgan fingerprint density at radius 3 is 2.44 bits per heavy atom. The van der Waals surface area contributed by atoms with Crippen LogP contribution in [-0.4, -0.2) is 137 Å². The third-order valence-corrected chi connectivity index (χ3v) is 9.83. The quantitative estimate of drug-likeness (QED) is 0.0705. The fraction of sp³-hybridized carbons (Fsp3) is 0.526. The van der Waals surface area contributed by atoms with Crippen LogP contribution in [0.4, 0.5) is 11.5 Å². The Morgan fingerprint density at radius 1 is 1.03 bits per heavy atom. The lowest BCUT2D eigenvalue weighted by Gasteiger charge is -2.27. The van der Waals surface area contributed by atoms with Crippen molar-refractivity contribution in [1.29, 1.82) is 0 Å². The predicted molar refractivity (Wildman–Crippen MR) is 218 cm³/mol. The minimum atomic E-state index is -4.37. The molecule has 1 fully saturated rings. The van der Waals surface area contributed by atoms with E-state index in [0.29, 0.717) is 50.3 Å². The molecule has 2 aromatic carbocycles. The number of amides is 1. The first kappa shape index (κ1) is 46.8.